The fourth-order valence-corrected chi connectivity index (χ4v) is 5.70. The number of amides is 1. The lowest BCUT2D eigenvalue weighted by molar-refractivity contribution is -0.134. The largest absolute Gasteiger partial charge is 0.338 e. The Bertz CT molecular complexity index is 478. The minimum Gasteiger partial charge on any atom is -0.338 e. The average molecular weight is 313 g/mol. The second-order valence-corrected chi connectivity index (χ2v) is 9.40. The summed E-state index contributed by atoms with van der Waals surface area (Å²) in [5.41, 5.74) is 0. The molecule has 1 aliphatic heterocycles. The number of carbonyl (C=O) groups is 1. The van der Waals surface area contributed by atoms with Crippen LogP contribution in [0.5, 0.6) is 0 Å². The molecule has 1 heterocycles. The second-order valence-electron chi connectivity index (χ2n) is 7.17. The predicted molar refractivity (Wildman–Crippen MR) is 82.7 cm³/mol. The predicted octanol–water partition coefficient (Wildman–Crippen LogP) is 2.38. The van der Waals surface area contributed by atoms with E-state index in [-0.39, 0.29) is 23.5 Å². The minimum absolute atomic E-state index is 0.0337. The van der Waals surface area contributed by atoms with Crippen LogP contribution in [-0.2, 0) is 14.6 Å². The van der Waals surface area contributed by atoms with Crippen molar-refractivity contribution in [1.82, 2.24) is 4.90 Å². The molecule has 4 nitrogen and oxygen atoms in total. The fraction of sp³-hybridized carbons (Fsp3) is 0.938. The molecule has 0 radical (unpaired) electrons. The number of nitrogens with zero attached hydrogens (tertiary/aromatic N) is 1. The first-order valence-corrected chi connectivity index (χ1v) is 10.4. The van der Waals surface area contributed by atoms with Gasteiger partial charge >= 0.3 is 0 Å². The number of sulfone groups is 1. The molecule has 0 aromatic heterocycles. The van der Waals surface area contributed by atoms with Gasteiger partial charge < -0.3 is 4.90 Å². The molecule has 3 aliphatic rings. The maximum absolute atomic E-state index is 12.7. The summed E-state index contributed by atoms with van der Waals surface area (Å²) < 4.78 is 24.1. The van der Waals surface area contributed by atoms with E-state index in [2.05, 4.69) is 0 Å². The molecule has 0 bridgehead atoms. The van der Waals surface area contributed by atoms with Crippen LogP contribution in [0.2, 0.25) is 0 Å². The highest BCUT2D eigenvalue weighted by Crippen LogP contribution is 2.38. The topological polar surface area (TPSA) is 54.5 Å². The van der Waals surface area contributed by atoms with Gasteiger partial charge in [0.15, 0.2) is 9.84 Å². The Morgan fingerprint density at radius 1 is 1.00 bits per heavy atom. The van der Waals surface area contributed by atoms with Gasteiger partial charge in [0.2, 0.25) is 5.91 Å². The van der Waals surface area contributed by atoms with Crippen molar-refractivity contribution in [2.24, 2.45) is 11.8 Å². The first kappa shape index (κ1) is 15.3. The lowest BCUT2D eigenvalue weighted by Crippen LogP contribution is -2.44. The van der Waals surface area contributed by atoms with Gasteiger partial charge in [0.1, 0.15) is 0 Å². The van der Waals surface area contributed by atoms with Crippen LogP contribution in [0.25, 0.3) is 0 Å². The number of carbonyl (C=O) groups excluding carboxylic acids is 1. The van der Waals surface area contributed by atoms with Gasteiger partial charge in [-0.1, -0.05) is 19.3 Å². The number of hydrogen-bond acceptors (Lipinski definition) is 3. The van der Waals surface area contributed by atoms with Gasteiger partial charge in [0, 0.05) is 19.0 Å². The molecule has 120 valence electrons. The Kier molecular flexibility index (Phi) is 4.57. The molecule has 0 N–H and O–H groups in total. The van der Waals surface area contributed by atoms with E-state index in [1.807, 2.05) is 4.90 Å². The third-order valence-corrected chi connectivity index (χ3v) is 7.11. The van der Waals surface area contributed by atoms with Crippen molar-refractivity contribution in [2.75, 3.05) is 18.1 Å². The van der Waals surface area contributed by atoms with Gasteiger partial charge in [-0.2, -0.15) is 0 Å². The van der Waals surface area contributed by atoms with Crippen LogP contribution in [0, 0.1) is 11.8 Å². The molecule has 2 saturated carbocycles. The SMILES string of the molecule is O=C(CC1CCCCC1)N1CCCS(=O)(=O)CC1C1CC1. The lowest BCUT2D eigenvalue weighted by atomic mass is 9.86. The summed E-state index contributed by atoms with van der Waals surface area (Å²) in [4.78, 5) is 14.6. The van der Waals surface area contributed by atoms with Gasteiger partial charge in [-0.15, -0.1) is 0 Å². The zero-order valence-electron chi connectivity index (χ0n) is 12.8. The summed E-state index contributed by atoms with van der Waals surface area (Å²) in [5.74, 6) is 1.65. The number of hydrogen-bond donors (Lipinski definition) is 0. The van der Waals surface area contributed by atoms with Crippen LogP contribution < -0.4 is 0 Å². The molecule has 2 aliphatic carbocycles. The molecule has 3 fully saturated rings. The van der Waals surface area contributed by atoms with E-state index in [0.29, 0.717) is 31.2 Å². The average Bonchev–Trinajstić information content (AvgIpc) is 3.26. The van der Waals surface area contributed by atoms with Crippen LogP contribution >= 0.6 is 0 Å². The monoisotopic (exact) mass is 313 g/mol. The van der Waals surface area contributed by atoms with Crippen molar-refractivity contribution in [3.63, 3.8) is 0 Å². The van der Waals surface area contributed by atoms with E-state index < -0.39 is 9.84 Å². The Balaban J connectivity index is 1.67. The molecule has 3 rings (SSSR count). The van der Waals surface area contributed by atoms with Crippen molar-refractivity contribution in [3.05, 3.63) is 0 Å². The highest BCUT2D eigenvalue weighted by molar-refractivity contribution is 7.91. The molecule has 21 heavy (non-hydrogen) atoms. The summed E-state index contributed by atoms with van der Waals surface area (Å²) in [5, 5.41) is 0. The Morgan fingerprint density at radius 3 is 2.38 bits per heavy atom. The zero-order valence-corrected chi connectivity index (χ0v) is 13.6. The van der Waals surface area contributed by atoms with Crippen LogP contribution in [0.1, 0.15) is 57.8 Å². The van der Waals surface area contributed by atoms with Crippen molar-refractivity contribution < 1.29 is 13.2 Å². The van der Waals surface area contributed by atoms with Crippen LogP contribution in [0.4, 0.5) is 0 Å². The first-order chi connectivity index (χ1) is 10.1. The highest BCUT2D eigenvalue weighted by Gasteiger charge is 2.41. The van der Waals surface area contributed by atoms with Crippen molar-refractivity contribution in [2.45, 2.75) is 63.8 Å². The quantitative estimate of drug-likeness (QED) is 0.804. The van der Waals surface area contributed by atoms with E-state index >= 15 is 0 Å². The molecule has 0 spiro atoms. The molecule has 0 aromatic rings. The molecule has 0 aromatic carbocycles. The van der Waals surface area contributed by atoms with E-state index in [1.54, 1.807) is 0 Å². The summed E-state index contributed by atoms with van der Waals surface area (Å²) in [7, 11) is -2.97. The van der Waals surface area contributed by atoms with Gasteiger partial charge in [0.05, 0.1) is 11.5 Å². The normalized spacial score (nSPS) is 30.9. The maximum atomic E-state index is 12.7. The van der Waals surface area contributed by atoms with Crippen molar-refractivity contribution in [1.29, 1.82) is 0 Å². The van der Waals surface area contributed by atoms with Crippen molar-refractivity contribution >= 4 is 15.7 Å². The molecule has 1 amide bonds. The Morgan fingerprint density at radius 2 is 1.71 bits per heavy atom. The van der Waals surface area contributed by atoms with Crippen LogP contribution in [-0.4, -0.2) is 43.3 Å². The van der Waals surface area contributed by atoms with Crippen molar-refractivity contribution in [3.8, 4) is 0 Å². The smallest absolute Gasteiger partial charge is 0.223 e. The molecule has 1 atom stereocenters. The lowest BCUT2D eigenvalue weighted by Gasteiger charge is -2.32. The first-order valence-electron chi connectivity index (χ1n) is 8.55. The number of rotatable bonds is 3. The molecular formula is C16H27NO3S. The summed E-state index contributed by atoms with van der Waals surface area (Å²) in [6, 6.07) is -0.0337. The zero-order chi connectivity index (χ0) is 14.9. The highest BCUT2D eigenvalue weighted by atomic mass is 32.2. The van der Waals surface area contributed by atoms with Gasteiger partial charge in [-0.3, -0.25) is 4.79 Å². The van der Waals surface area contributed by atoms with E-state index in [9.17, 15) is 13.2 Å². The Labute approximate surface area is 128 Å². The molecule has 1 unspecified atom stereocenters. The van der Waals surface area contributed by atoms with Crippen LogP contribution in [0.15, 0.2) is 0 Å². The summed E-state index contributed by atoms with van der Waals surface area (Å²) in [6.45, 7) is 0.645. The second kappa shape index (κ2) is 6.27. The summed E-state index contributed by atoms with van der Waals surface area (Å²) >= 11 is 0. The van der Waals surface area contributed by atoms with E-state index in [0.717, 1.165) is 12.8 Å². The molecule has 5 heteroatoms. The van der Waals surface area contributed by atoms with Gasteiger partial charge in [-0.05, 0) is 43.9 Å². The molecular weight excluding hydrogens is 286 g/mol. The summed E-state index contributed by atoms with van der Waals surface area (Å²) in [6.07, 6.45) is 9.58. The fourth-order valence-electron chi connectivity index (χ4n) is 3.99. The maximum Gasteiger partial charge on any atom is 0.223 e. The standard InChI is InChI=1S/C16H27NO3S/c18-16(11-13-5-2-1-3-6-13)17-9-4-10-21(19,20)12-15(17)14-7-8-14/h13-15H,1-12H2. The van der Waals surface area contributed by atoms with E-state index in [4.69, 9.17) is 0 Å². The third-order valence-electron chi connectivity index (χ3n) is 5.35. The minimum atomic E-state index is -2.97. The molecule has 1 saturated heterocycles. The van der Waals surface area contributed by atoms with Crippen LogP contribution in [0.3, 0.4) is 0 Å². The Hall–Kier alpha value is -0.580. The van der Waals surface area contributed by atoms with E-state index in [1.165, 1.54) is 32.1 Å². The van der Waals surface area contributed by atoms with Gasteiger partial charge in [-0.25, -0.2) is 8.42 Å². The van der Waals surface area contributed by atoms with Gasteiger partial charge in [0.25, 0.3) is 0 Å². The third kappa shape index (κ3) is 3.99.